The third-order valence-corrected chi connectivity index (χ3v) is 8.48. The molecule has 4 aromatic carbocycles. The van der Waals surface area contributed by atoms with Crippen LogP contribution in [-0.2, 0) is 27.6 Å². The standard InChI is InChI=1S/C31H26Cl2F3N3O5S/c1-2-43-29-16-22(10-15-28(29)44-20-21-8-12-24(32)13-9-21)18-37-38-30(40)19-39(45(41,42)25-6-4-3-5-7-25)27-17-23(31(34,35)36)11-14-26(27)33/h3-18H,2,19-20H2,1H3,(H,38,40)/b37-18-. The van der Waals surface area contributed by atoms with Gasteiger partial charge in [0.1, 0.15) is 13.2 Å². The molecule has 0 aliphatic heterocycles. The number of hydrogen-bond acceptors (Lipinski definition) is 6. The summed E-state index contributed by atoms with van der Waals surface area (Å²) in [5.74, 6) is -0.0547. The Balaban J connectivity index is 1.53. The molecule has 0 heterocycles. The molecule has 8 nitrogen and oxygen atoms in total. The van der Waals surface area contributed by atoms with Crippen LogP contribution in [0.4, 0.5) is 18.9 Å². The minimum absolute atomic E-state index is 0.253. The Morgan fingerprint density at radius 2 is 1.64 bits per heavy atom. The quantitative estimate of drug-likeness (QED) is 0.125. The molecule has 0 saturated heterocycles. The van der Waals surface area contributed by atoms with Crippen LogP contribution in [0.3, 0.4) is 0 Å². The molecule has 0 aromatic heterocycles. The number of carbonyl (C=O) groups excluding carboxylic acids is 1. The number of anilines is 1. The Morgan fingerprint density at radius 3 is 2.31 bits per heavy atom. The highest BCUT2D eigenvalue weighted by Gasteiger charge is 2.34. The van der Waals surface area contributed by atoms with Gasteiger partial charge in [0.25, 0.3) is 15.9 Å². The predicted octanol–water partition coefficient (Wildman–Crippen LogP) is 7.34. The molecular weight excluding hydrogens is 654 g/mol. The number of hydrogen-bond donors (Lipinski definition) is 1. The number of amides is 1. The first-order chi connectivity index (χ1) is 21.4. The van der Waals surface area contributed by atoms with Crippen LogP contribution in [0.15, 0.2) is 101 Å². The summed E-state index contributed by atoms with van der Waals surface area (Å²) in [6.45, 7) is 1.49. The molecule has 1 amide bonds. The lowest BCUT2D eigenvalue weighted by atomic mass is 10.2. The van der Waals surface area contributed by atoms with E-state index in [1.54, 1.807) is 43.3 Å². The third-order valence-electron chi connectivity index (χ3n) is 6.14. The molecule has 0 unspecified atom stereocenters. The predicted molar refractivity (Wildman–Crippen MR) is 167 cm³/mol. The monoisotopic (exact) mass is 679 g/mol. The van der Waals surface area contributed by atoms with E-state index in [0.717, 1.165) is 11.6 Å². The minimum Gasteiger partial charge on any atom is -0.490 e. The molecule has 0 spiro atoms. The highest BCUT2D eigenvalue weighted by molar-refractivity contribution is 7.92. The second kappa shape index (κ2) is 14.7. The number of alkyl halides is 3. The molecule has 0 atom stereocenters. The smallest absolute Gasteiger partial charge is 0.416 e. The molecule has 0 saturated carbocycles. The largest absolute Gasteiger partial charge is 0.490 e. The fourth-order valence-electron chi connectivity index (χ4n) is 3.98. The van der Waals surface area contributed by atoms with Gasteiger partial charge in [-0.3, -0.25) is 9.10 Å². The first kappa shape index (κ1) is 33.6. The number of ether oxygens (including phenoxy) is 2. The van der Waals surface area contributed by atoms with E-state index in [2.05, 4.69) is 10.5 Å². The number of halogens is 5. The van der Waals surface area contributed by atoms with Crippen molar-refractivity contribution in [2.75, 3.05) is 17.5 Å². The lowest BCUT2D eigenvalue weighted by molar-refractivity contribution is -0.137. The summed E-state index contributed by atoms with van der Waals surface area (Å²) in [4.78, 5) is 12.7. The number of nitrogens with one attached hydrogen (secondary N) is 1. The van der Waals surface area contributed by atoms with Gasteiger partial charge in [-0.15, -0.1) is 0 Å². The molecule has 0 bridgehead atoms. The fourth-order valence-corrected chi connectivity index (χ4v) is 5.83. The zero-order valence-electron chi connectivity index (χ0n) is 23.6. The summed E-state index contributed by atoms with van der Waals surface area (Å²) in [6, 6.07) is 21.3. The Kier molecular flexibility index (Phi) is 11.0. The van der Waals surface area contributed by atoms with Crippen molar-refractivity contribution in [3.63, 3.8) is 0 Å². The van der Waals surface area contributed by atoms with E-state index in [9.17, 15) is 26.4 Å². The van der Waals surface area contributed by atoms with Gasteiger partial charge in [0.05, 0.1) is 34.0 Å². The van der Waals surface area contributed by atoms with Gasteiger partial charge in [0.15, 0.2) is 11.5 Å². The van der Waals surface area contributed by atoms with E-state index in [1.165, 1.54) is 30.5 Å². The van der Waals surface area contributed by atoms with Crippen molar-refractivity contribution in [3.05, 3.63) is 118 Å². The molecular formula is C31H26Cl2F3N3O5S. The van der Waals surface area contributed by atoms with E-state index < -0.39 is 39.9 Å². The average Bonchev–Trinajstić information content (AvgIpc) is 3.00. The maximum Gasteiger partial charge on any atom is 0.416 e. The third kappa shape index (κ3) is 8.90. The summed E-state index contributed by atoms with van der Waals surface area (Å²) in [5, 5.41) is 4.19. The van der Waals surface area contributed by atoms with Gasteiger partial charge < -0.3 is 9.47 Å². The summed E-state index contributed by atoms with van der Waals surface area (Å²) in [6.07, 6.45) is -3.50. The van der Waals surface area contributed by atoms with Crippen LogP contribution >= 0.6 is 23.2 Å². The topological polar surface area (TPSA) is 97.3 Å². The highest BCUT2D eigenvalue weighted by Crippen LogP contribution is 2.37. The molecule has 14 heteroatoms. The van der Waals surface area contributed by atoms with Crippen molar-refractivity contribution in [1.29, 1.82) is 0 Å². The Morgan fingerprint density at radius 1 is 0.933 bits per heavy atom. The van der Waals surface area contributed by atoms with Crippen LogP contribution in [0.2, 0.25) is 10.0 Å². The molecule has 236 valence electrons. The minimum atomic E-state index is -4.79. The Labute approximate surface area is 268 Å². The van der Waals surface area contributed by atoms with Crippen LogP contribution in [0.25, 0.3) is 0 Å². The Bertz CT molecular complexity index is 1770. The number of nitrogens with zero attached hydrogens (tertiary/aromatic N) is 2. The lowest BCUT2D eigenvalue weighted by Crippen LogP contribution is -2.40. The van der Waals surface area contributed by atoms with E-state index in [1.807, 2.05) is 12.1 Å². The van der Waals surface area contributed by atoms with Crippen molar-refractivity contribution in [3.8, 4) is 11.5 Å². The first-order valence-electron chi connectivity index (χ1n) is 13.3. The molecule has 0 aliphatic carbocycles. The van der Waals surface area contributed by atoms with Crippen LogP contribution in [-0.4, -0.2) is 33.7 Å². The van der Waals surface area contributed by atoms with Crippen molar-refractivity contribution < 1.29 is 35.9 Å². The van der Waals surface area contributed by atoms with Gasteiger partial charge in [-0.25, -0.2) is 13.8 Å². The fraction of sp³-hybridized carbons (Fsp3) is 0.161. The van der Waals surface area contributed by atoms with Crippen molar-refractivity contribution in [2.24, 2.45) is 5.10 Å². The summed E-state index contributed by atoms with van der Waals surface area (Å²) >= 11 is 12.1. The number of benzene rings is 4. The number of carbonyl (C=O) groups is 1. The lowest BCUT2D eigenvalue weighted by Gasteiger charge is -2.25. The summed E-state index contributed by atoms with van der Waals surface area (Å²) in [5.41, 5.74) is 1.95. The summed E-state index contributed by atoms with van der Waals surface area (Å²) in [7, 11) is -4.52. The van der Waals surface area contributed by atoms with Crippen molar-refractivity contribution >= 4 is 51.0 Å². The number of sulfonamides is 1. The van der Waals surface area contributed by atoms with Crippen LogP contribution in [0.5, 0.6) is 11.5 Å². The maximum atomic E-state index is 13.5. The van der Waals surface area contributed by atoms with Crippen LogP contribution < -0.4 is 19.2 Å². The average molecular weight is 681 g/mol. The molecule has 4 aromatic rings. The van der Waals surface area contributed by atoms with Gasteiger partial charge in [-0.2, -0.15) is 18.3 Å². The zero-order chi connectivity index (χ0) is 32.6. The van der Waals surface area contributed by atoms with E-state index in [0.29, 0.717) is 45.1 Å². The van der Waals surface area contributed by atoms with Gasteiger partial charge >= 0.3 is 6.18 Å². The van der Waals surface area contributed by atoms with Gasteiger partial charge in [0, 0.05) is 5.02 Å². The molecule has 4 rings (SSSR count). The number of hydrazone groups is 1. The SMILES string of the molecule is CCOc1cc(/C=N\NC(=O)CN(c2cc(C(F)(F)F)ccc2Cl)S(=O)(=O)c2ccccc2)ccc1OCc1ccc(Cl)cc1. The molecule has 0 aliphatic rings. The van der Waals surface area contributed by atoms with Crippen LogP contribution in [0, 0.1) is 0 Å². The van der Waals surface area contributed by atoms with Crippen molar-refractivity contribution in [1.82, 2.24) is 5.43 Å². The number of rotatable bonds is 12. The highest BCUT2D eigenvalue weighted by atomic mass is 35.5. The van der Waals surface area contributed by atoms with Gasteiger partial charge in [0.2, 0.25) is 0 Å². The van der Waals surface area contributed by atoms with E-state index in [-0.39, 0.29) is 16.5 Å². The van der Waals surface area contributed by atoms with E-state index >= 15 is 0 Å². The second-order valence-corrected chi connectivity index (χ2v) is 12.0. The first-order valence-corrected chi connectivity index (χ1v) is 15.5. The van der Waals surface area contributed by atoms with Gasteiger partial charge in [-0.1, -0.05) is 53.5 Å². The molecule has 1 N–H and O–H groups in total. The second-order valence-electron chi connectivity index (χ2n) is 9.34. The maximum absolute atomic E-state index is 13.5. The molecule has 0 fully saturated rings. The van der Waals surface area contributed by atoms with Gasteiger partial charge in [-0.05, 0) is 78.7 Å². The zero-order valence-corrected chi connectivity index (χ0v) is 25.9. The normalized spacial score (nSPS) is 11.8. The molecule has 0 radical (unpaired) electrons. The summed E-state index contributed by atoms with van der Waals surface area (Å²) < 4.78 is 79.5. The van der Waals surface area contributed by atoms with Crippen LogP contribution in [0.1, 0.15) is 23.6 Å². The Hall–Kier alpha value is -4.26. The van der Waals surface area contributed by atoms with E-state index in [4.69, 9.17) is 32.7 Å². The molecule has 45 heavy (non-hydrogen) atoms. The van der Waals surface area contributed by atoms with Crippen molar-refractivity contribution in [2.45, 2.75) is 24.6 Å².